The highest BCUT2D eigenvalue weighted by Crippen LogP contribution is 2.21. The molecular weight excluding hydrogens is 198 g/mol. The molecule has 4 heteroatoms. The Morgan fingerprint density at radius 3 is 2.57 bits per heavy atom. The zero-order valence-electron chi connectivity index (χ0n) is 7.31. The lowest BCUT2D eigenvalue weighted by molar-refractivity contribution is 0.426. The molecule has 0 aromatic heterocycles. The average Bonchev–Trinajstić information content (AvgIpc) is 2.18. The van der Waals surface area contributed by atoms with Crippen molar-refractivity contribution in [2.45, 2.75) is 0 Å². The Balaban J connectivity index is 2.70. The molecule has 2 N–H and O–H groups in total. The molecule has 0 aliphatic rings. The number of halogens is 1. The first-order valence-corrected chi connectivity index (χ1v) is 4.60. The second-order valence-corrected chi connectivity index (χ2v) is 3.50. The van der Waals surface area contributed by atoms with Gasteiger partial charge in [-0.1, -0.05) is 41.9 Å². The molecule has 0 atom stereocenters. The van der Waals surface area contributed by atoms with Gasteiger partial charge in [0.1, 0.15) is 0 Å². The van der Waals surface area contributed by atoms with Crippen LogP contribution >= 0.6 is 11.6 Å². The molecule has 0 saturated carbocycles. The Labute approximate surface area is 86.9 Å². The van der Waals surface area contributed by atoms with E-state index >= 15 is 0 Å². The molecule has 0 unspecified atom stereocenters. The molecule has 0 bridgehead atoms. The maximum absolute atomic E-state index is 8.99. The zero-order chi connectivity index (χ0) is 10.1. The van der Waals surface area contributed by atoms with Gasteiger partial charge in [0, 0.05) is 5.02 Å². The predicted molar refractivity (Wildman–Crippen MR) is 58.8 cm³/mol. The van der Waals surface area contributed by atoms with Gasteiger partial charge >= 0.3 is 7.12 Å². The molecule has 0 aliphatic heterocycles. The summed E-state index contributed by atoms with van der Waals surface area (Å²) in [6.07, 6.45) is 0. The van der Waals surface area contributed by atoms with Crippen LogP contribution in [-0.4, -0.2) is 17.2 Å². The highest BCUT2D eigenvalue weighted by atomic mass is 35.5. The summed E-state index contributed by atoms with van der Waals surface area (Å²) < 4.78 is 0. The molecule has 2 aromatic rings. The van der Waals surface area contributed by atoms with E-state index in [4.69, 9.17) is 21.6 Å². The molecular formula is C10H8BClO2. The van der Waals surface area contributed by atoms with Crippen molar-refractivity contribution in [2.75, 3.05) is 0 Å². The summed E-state index contributed by atoms with van der Waals surface area (Å²) in [4.78, 5) is 0. The average molecular weight is 206 g/mol. The van der Waals surface area contributed by atoms with Gasteiger partial charge in [0.25, 0.3) is 0 Å². The number of benzene rings is 2. The van der Waals surface area contributed by atoms with Crippen LogP contribution in [0.4, 0.5) is 0 Å². The Hall–Kier alpha value is -1.03. The van der Waals surface area contributed by atoms with E-state index in [0.29, 0.717) is 10.5 Å². The molecule has 0 amide bonds. The third-order valence-corrected chi connectivity index (χ3v) is 2.48. The fourth-order valence-corrected chi connectivity index (χ4v) is 1.65. The normalized spacial score (nSPS) is 10.5. The van der Waals surface area contributed by atoms with Crippen LogP contribution in [-0.2, 0) is 0 Å². The largest absolute Gasteiger partial charge is 0.488 e. The third kappa shape index (κ3) is 1.62. The monoisotopic (exact) mass is 206 g/mol. The first-order chi connectivity index (χ1) is 6.68. The fourth-order valence-electron chi connectivity index (χ4n) is 1.41. The van der Waals surface area contributed by atoms with Gasteiger partial charge < -0.3 is 10.0 Å². The van der Waals surface area contributed by atoms with Gasteiger partial charge in [0.05, 0.1) is 0 Å². The lowest BCUT2D eigenvalue weighted by atomic mass is 9.79. The Morgan fingerprint density at radius 1 is 1.07 bits per heavy atom. The molecule has 0 radical (unpaired) electrons. The van der Waals surface area contributed by atoms with Gasteiger partial charge in [-0.25, -0.2) is 0 Å². The lowest BCUT2D eigenvalue weighted by Crippen LogP contribution is -2.29. The fraction of sp³-hybridized carbons (Fsp3) is 0. The maximum atomic E-state index is 8.99. The Kier molecular flexibility index (Phi) is 2.46. The van der Waals surface area contributed by atoms with E-state index < -0.39 is 7.12 Å². The smallest absolute Gasteiger partial charge is 0.423 e. The van der Waals surface area contributed by atoms with Crippen molar-refractivity contribution in [2.24, 2.45) is 0 Å². The zero-order valence-corrected chi connectivity index (χ0v) is 8.07. The number of rotatable bonds is 1. The highest BCUT2D eigenvalue weighted by Gasteiger charge is 2.11. The molecule has 2 nitrogen and oxygen atoms in total. The van der Waals surface area contributed by atoms with E-state index in [9.17, 15) is 0 Å². The van der Waals surface area contributed by atoms with E-state index in [-0.39, 0.29) is 0 Å². The Bertz CT molecular complexity index is 471. The van der Waals surface area contributed by atoms with Gasteiger partial charge in [0.15, 0.2) is 0 Å². The van der Waals surface area contributed by atoms with Crippen LogP contribution in [0.1, 0.15) is 0 Å². The minimum atomic E-state index is -1.45. The third-order valence-electron chi connectivity index (χ3n) is 2.15. The maximum Gasteiger partial charge on any atom is 0.488 e. The van der Waals surface area contributed by atoms with Gasteiger partial charge in [-0.2, -0.15) is 0 Å². The molecule has 2 aromatic carbocycles. The van der Waals surface area contributed by atoms with E-state index in [1.54, 1.807) is 18.2 Å². The number of hydrogen-bond acceptors (Lipinski definition) is 2. The van der Waals surface area contributed by atoms with Crippen molar-refractivity contribution in [1.29, 1.82) is 0 Å². The summed E-state index contributed by atoms with van der Waals surface area (Å²) in [5.74, 6) is 0. The van der Waals surface area contributed by atoms with Crippen LogP contribution in [0.2, 0.25) is 5.02 Å². The number of fused-ring (bicyclic) bond motifs is 1. The van der Waals surface area contributed by atoms with E-state index in [1.807, 2.05) is 18.2 Å². The molecule has 14 heavy (non-hydrogen) atoms. The van der Waals surface area contributed by atoms with Crippen molar-refractivity contribution in [1.82, 2.24) is 0 Å². The molecule has 70 valence electrons. The van der Waals surface area contributed by atoms with Crippen molar-refractivity contribution in [3.63, 3.8) is 0 Å². The van der Waals surface area contributed by atoms with Crippen molar-refractivity contribution >= 4 is 35.0 Å². The van der Waals surface area contributed by atoms with Crippen LogP contribution < -0.4 is 5.46 Å². The predicted octanol–water partition coefficient (Wildman–Crippen LogP) is 1.17. The molecule has 0 saturated heterocycles. The van der Waals surface area contributed by atoms with E-state index in [1.165, 1.54) is 0 Å². The van der Waals surface area contributed by atoms with Gasteiger partial charge in [-0.05, 0) is 22.3 Å². The molecule has 2 rings (SSSR count). The second-order valence-electron chi connectivity index (χ2n) is 3.09. The second kappa shape index (κ2) is 3.61. The van der Waals surface area contributed by atoms with Gasteiger partial charge in [-0.15, -0.1) is 0 Å². The molecule has 0 heterocycles. The number of hydrogen-bond donors (Lipinski definition) is 2. The topological polar surface area (TPSA) is 40.5 Å². The summed E-state index contributed by atoms with van der Waals surface area (Å²) >= 11 is 5.97. The summed E-state index contributed by atoms with van der Waals surface area (Å²) in [7, 11) is -1.45. The van der Waals surface area contributed by atoms with Crippen LogP contribution in [0.3, 0.4) is 0 Å². The van der Waals surface area contributed by atoms with Crippen molar-refractivity contribution < 1.29 is 10.0 Å². The molecule has 0 aliphatic carbocycles. The van der Waals surface area contributed by atoms with E-state index in [0.717, 1.165) is 10.8 Å². The van der Waals surface area contributed by atoms with Crippen molar-refractivity contribution in [3.05, 3.63) is 41.4 Å². The molecule has 0 spiro atoms. The summed E-state index contributed by atoms with van der Waals surface area (Å²) in [5, 5.41) is 20.4. The SMILES string of the molecule is OB(O)c1ccc2cccc(Cl)c2c1. The van der Waals surface area contributed by atoms with Crippen LogP contribution in [0, 0.1) is 0 Å². The van der Waals surface area contributed by atoms with Crippen LogP contribution in [0.5, 0.6) is 0 Å². The lowest BCUT2D eigenvalue weighted by Gasteiger charge is -2.03. The quantitative estimate of drug-likeness (QED) is 0.688. The van der Waals surface area contributed by atoms with Crippen molar-refractivity contribution in [3.8, 4) is 0 Å². The van der Waals surface area contributed by atoms with Gasteiger partial charge in [0.2, 0.25) is 0 Å². The summed E-state index contributed by atoms with van der Waals surface area (Å²) in [6.45, 7) is 0. The first kappa shape index (κ1) is 9.53. The Morgan fingerprint density at radius 2 is 1.86 bits per heavy atom. The first-order valence-electron chi connectivity index (χ1n) is 4.23. The summed E-state index contributed by atoms with van der Waals surface area (Å²) in [5.41, 5.74) is 0.450. The molecule has 0 fully saturated rings. The standard InChI is InChI=1S/C10H8BClO2/c12-10-3-1-2-7-4-5-8(11(13)14)6-9(7)10/h1-6,13-14H. The van der Waals surface area contributed by atoms with Crippen LogP contribution in [0.15, 0.2) is 36.4 Å². The van der Waals surface area contributed by atoms with Gasteiger partial charge in [-0.3, -0.25) is 0 Å². The minimum absolute atomic E-state index is 0.450. The van der Waals surface area contributed by atoms with E-state index in [2.05, 4.69) is 0 Å². The van der Waals surface area contributed by atoms with Crippen LogP contribution in [0.25, 0.3) is 10.8 Å². The summed E-state index contributed by atoms with van der Waals surface area (Å²) in [6, 6.07) is 10.7. The highest BCUT2D eigenvalue weighted by molar-refractivity contribution is 6.59. The minimum Gasteiger partial charge on any atom is -0.423 e.